The topological polar surface area (TPSA) is 110 Å². The van der Waals surface area contributed by atoms with Crippen molar-refractivity contribution in [2.45, 2.75) is 52.2 Å². The van der Waals surface area contributed by atoms with E-state index in [2.05, 4.69) is 11.8 Å². The number of anilines is 1. The van der Waals surface area contributed by atoms with Crippen LogP contribution < -0.4 is 4.90 Å². The Hall–Kier alpha value is -4.97. The average molecular weight is 554 g/mol. The minimum atomic E-state index is -0.961. The predicted molar refractivity (Wildman–Crippen MR) is 154 cm³/mol. The van der Waals surface area contributed by atoms with Crippen LogP contribution in [0.3, 0.4) is 0 Å². The van der Waals surface area contributed by atoms with E-state index in [1.165, 1.54) is 17.0 Å². The normalized spacial score (nSPS) is 15.5. The number of nitro benzene ring substituents is 1. The van der Waals surface area contributed by atoms with Crippen LogP contribution in [0.5, 0.6) is 0 Å². The smallest absolute Gasteiger partial charge is 0.307 e. The van der Waals surface area contributed by atoms with Crippen molar-refractivity contribution in [1.29, 1.82) is 0 Å². The monoisotopic (exact) mass is 553 g/mol. The summed E-state index contributed by atoms with van der Waals surface area (Å²) in [6, 6.07) is 18.2. The molecule has 1 aliphatic heterocycles. The quantitative estimate of drug-likeness (QED) is 0.171. The summed E-state index contributed by atoms with van der Waals surface area (Å²) in [4.78, 5) is 54.6. The fourth-order valence-corrected chi connectivity index (χ4v) is 4.92. The lowest BCUT2D eigenvalue weighted by Crippen LogP contribution is -2.48. The number of non-ortho nitro benzene ring substituents is 1. The molecule has 3 aromatic rings. The van der Waals surface area contributed by atoms with E-state index < -0.39 is 28.9 Å². The number of hydrogen-bond acceptors (Lipinski definition) is 6. The third-order valence-corrected chi connectivity index (χ3v) is 6.77. The van der Waals surface area contributed by atoms with Crippen LogP contribution in [-0.4, -0.2) is 46.3 Å². The number of carbonyl (C=O) groups is 3. The number of amides is 2. The molecule has 1 aliphatic rings. The van der Waals surface area contributed by atoms with Gasteiger partial charge in [-0.15, -0.1) is 0 Å². The van der Waals surface area contributed by atoms with Gasteiger partial charge in [0, 0.05) is 35.3 Å². The standard InChI is InChI=1S/C32H31N3O6/c1-5-41-29(36)19-22(4)34-30(25-9-7-6-8-10-25)32(38)33(21(2)3)28-18-15-24(20-27(28)31(34)37)12-11-23-13-16-26(17-14-23)35(39)40/h6-10,13-18,20-22,30H,5,19H2,1-4H3. The Morgan fingerprint density at radius 1 is 0.976 bits per heavy atom. The van der Waals surface area contributed by atoms with Crippen molar-refractivity contribution in [3.8, 4) is 11.8 Å². The van der Waals surface area contributed by atoms with Gasteiger partial charge < -0.3 is 14.5 Å². The molecule has 1 heterocycles. The maximum atomic E-state index is 14.3. The number of fused-ring (bicyclic) bond motifs is 1. The van der Waals surface area contributed by atoms with Gasteiger partial charge in [0.15, 0.2) is 0 Å². The predicted octanol–water partition coefficient (Wildman–Crippen LogP) is 5.27. The second-order valence-corrected chi connectivity index (χ2v) is 9.97. The van der Waals surface area contributed by atoms with E-state index >= 15 is 0 Å². The molecule has 0 N–H and O–H groups in total. The molecule has 0 spiro atoms. The maximum absolute atomic E-state index is 14.3. The molecule has 0 fully saturated rings. The van der Waals surface area contributed by atoms with Crippen LogP contribution >= 0.6 is 0 Å². The average Bonchev–Trinajstić information content (AvgIpc) is 3.04. The largest absolute Gasteiger partial charge is 0.466 e. The van der Waals surface area contributed by atoms with Crippen molar-refractivity contribution in [2.75, 3.05) is 11.5 Å². The summed E-state index contributed by atoms with van der Waals surface area (Å²) in [5.74, 6) is 4.86. The summed E-state index contributed by atoms with van der Waals surface area (Å²) < 4.78 is 5.15. The number of rotatable bonds is 7. The van der Waals surface area contributed by atoms with E-state index in [1.54, 1.807) is 61.2 Å². The van der Waals surface area contributed by atoms with Crippen molar-refractivity contribution in [2.24, 2.45) is 0 Å². The second kappa shape index (κ2) is 12.5. The zero-order valence-corrected chi connectivity index (χ0v) is 23.4. The zero-order valence-electron chi connectivity index (χ0n) is 23.4. The highest BCUT2D eigenvalue weighted by molar-refractivity contribution is 6.11. The Morgan fingerprint density at radius 3 is 2.22 bits per heavy atom. The number of ether oxygens (including phenoxy) is 1. The fourth-order valence-electron chi connectivity index (χ4n) is 4.92. The molecule has 2 amide bonds. The third kappa shape index (κ3) is 6.28. The molecule has 0 radical (unpaired) electrons. The van der Waals surface area contributed by atoms with E-state index in [-0.39, 0.29) is 36.2 Å². The van der Waals surface area contributed by atoms with Gasteiger partial charge in [-0.2, -0.15) is 0 Å². The number of hydrogen-bond donors (Lipinski definition) is 0. The summed E-state index contributed by atoms with van der Waals surface area (Å²) in [7, 11) is 0. The summed E-state index contributed by atoms with van der Waals surface area (Å²) in [5, 5.41) is 10.9. The van der Waals surface area contributed by atoms with Crippen molar-refractivity contribution in [1.82, 2.24) is 4.90 Å². The van der Waals surface area contributed by atoms with E-state index in [4.69, 9.17) is 4.74 Å². The molecule has 0 aromatic heterocycles. The number of nitro groups is 1. The SMILES string of the molecule is CCOC(=O)CC(C)N1C(=O)c2cc(C#Cc3ccc([N+](=O)[O-])cc3)ccc2N(C(C)C)C(=O)C1c1ccccc1. The Labute approximate surface area is 238 Å². The first kappa shape index (κ1) is 29.0. The van der Waals surface area contributed by atoms with Gasteiger partial charge in [-0.1, -0.05) is 42.2 Å². The molecule has 4 rings (SSSR count). The van der Waals surface area contributed by atoms with E-state index in [9.17, 15) is 24.5 Å². The highest BCUT2D eigenvalue weighted by Crippen LogP contribution is 2.38. The van der Waals surface area contributed by atoms with Crippen LogP contribution in [0.25, 0.3) is 0 Å². The molecule has 9 heteroatoms. The van der Waals surface area contributed by atoms with Crippen LogP contribution in [0.1, 0.15) is 67.2 Å². The van der Waals surface area contributed by atoms with Crippen molar-refractivity contribution in [3.63, 3.8) is 0 Å². The summed E-state index contributed by atoms with van der Waals surface area (Å²) >= 11 is 0. The molecule has 0 saturated heterocycles. The lowest BCUT2D eigenvalue weighted by molar-refractivity contribution is -0.384. The van der Waals surface area contributed by atoms with E-state index in [1.807, 2.05) is 32.0 Å². The first-order valence-corrected chi connectivity index (χ1v) is 13.4. The lowest BCUT2D eigenvalue weighted by atomic mass is 10.0. The molecule has 210 valence electrons. The number of nitrogens with zero attached hydrogens (tertiary/aromatic N) is 3. The number of benzene rings is 3. The molecule has 9 nitrogen and oxygen atoms in total. The molecular weight excluding hydrogens is 522 g/mol. The second-order valence-electron chi connectivity index (χ2n) is 9.97. The minimum absolute atomic E-state index is 0.0328. The molecule has 0 bridgehead atoms. The van der Waals surface area contributed by atoms with Crippen molar-refractivity contribution in [3.05, 3.63) is 105 Å². The van der Waals surface area contributed by atoms with Gasteiger partial charge in [-0.3, -0.25) is 24.5 Å². The first-order valence-electron chi connectivity index (χ1n) is 13.4. The maximum Gasteiger partial charge on any atom is 0.307 e. The Bertz CT molecular complexity index is 1520. The highest BCUT2D eigenvalue weighted by Gasteiger charge is 2.43. The Kier molecular flexibility index (Phi) is 8.83. The van der Waals surface area contributed by atoms with Crippen molar-refractivity contribution < 1.29 is 24.0 Å². The minimum Gasteiger partial charge on any atom is -0.466 e. The zero-order chi connectivity index (χ0) is 29.7. The summed E-state index contributed by atoms with van der Waals surface area (Å²) in [6.07, 6.45) is -0.0765. The van der Waals surface area contributed by atoms with E-state index in [0.29, 0.717) is 22.4 Å². The molecule has 2 atom stereocenters. The lowest BCUT2D eigenvalue weighted by Gasteiger charge is -2.36. The number of carbonyl (C=O) groups excluding carboxylic acids is 3. The molecular formula is C32H31N3O6. The Morgan fingerprint density at radius 2 is 1.61 bits per heavy atom. The molecule has 2 unspecified atom stereocenters. The van der Waals surface area contributed by atoms with Crippen LogP contribution in [0.2, 0.25) is 0 Å². The third-order valence-electron chi connectivity index (χ3n) is 6.77. The molecule has 41 heavy (non-hydrogen) atoms. The van der Waals surface area contributed by atoms with Crippen LogP contribution in [-0.2, 0) is 14.3 Å². The van der Waals surface area contributed by atoms with Gasteiger partial charge in [0.1, 0.15) is 6.04 Å². The fraction of sp³-hybridized carbons (Fsp3) is 0.281. The first-order chi connectivity index (χ1) is 19.6. The van der Waals surface area contributed by atoms with Gasteiger partial charge in [-0.05, 0) is 63.6 Å². The summed E-state index contributed by atoms with van der Waals surface area (Å²) in [5.41, 5.74) is 2.46. The highest BCUT2D eigenvalue weighted by atomic mass is 16.6. The van der Waals surface area contributed by atoms with Gasteiger partial charge in [-0.25, -0.2) is 0 Å². The molecule has 3 aromatic carbocycles. The van der Waals surface area contributed by atoms with Gasteiger partial charge in [0.25, 0.3) is 17.5 Å². The van der Waals surface area contributed by atoms with Gasteiger partial charge >= 0.3 is 5.97 Å². The molecule has 0 saturated carbocycles. The number of esters is 1. The molecule has 0 aliphatic carbocycles. The van der Waals surface area contributed by atoms with Gasteiger partial charge in [0.2, 0.25) is 0 Å². The Balaban J connectivity index is 1.82. The summed E-state index contributed by atoms with van der Waals surface area (Å²) in [6.45, 7) is 7.43. The van der Waals surface area contributed by atoms with Crippen molar-refractivity contribution >= 4 is 29.2 Å². The van der Waals surface area contributed by atoms with Crippen LogP contribution in [0.4, 0.5) is 11.4 Å². The van der Waals surface area contributed by atoms with E-state index in [0.717, 1.165) is 0 Å². The van der Waals surface area contributed by atoms with Crippen LogP contribution in [0, 0.1) is 22.0 Å². The van der Waals surface area contributed by atoms with Crippen LogP contribution in [0.15, 0.2) is 72.8 Å². The van der Waals surface area contributed by atoms with Gasteiger partial charge in [0.05, 0.1) is 29.2 Å².